The second-order valence-corrected chi connectivity index (χ2v) is 30.0. The molecule has 0 aromatic heterocycles. The lowest BCUT2D eigenvalue weighted by Gasteiger charge is -2.21. The van der Waals surface area contributed by atoms with Crippen LogP contribution < -0.4 is 0 Å². The number of hydrogen-bond donors (Lipinski definition) is 3. The molecule has 0 aliphatic heterocycles. The highest BCUT2D eigenvalue weighted by Crippen LogP contribution is 2.45. The molecule has 4 unspecified atom stereocenters. The maximum atomic E-state index is 13.0. The lowest BCUT2D eigenvalue weighted by molar-refractivity contribution is -0.161. The number of carbonyl (C=O) groups is 4. The minimum Gasteiger partial charge on any atom is -0.462 e. The third-order valence-corrected chi connectivity index (χ3v) is 18.9. The van der Waals surface area contributed by atoms with Gasteiger partial charge in [0.1, 0.15) is 19.3 Å². The summed E-state index contributed by atoms with van der Waals surface area (Å²) in [5.74, 6) is 0.869. The lowest BCUT2D eigenvalue weighted by Crippen LogP contribution is -2.30. The molecular weight excluding hydrogens is 1190 g/mol. The van der Waals surface area contributed by atoms with E-state index in [4.69, 9.17) is 37.0 Å². The molecule has 0 bridgehead atoms. The van der Waals surface area contributed by atoms with E-state index in [0.717, 1.165) is 114 Å². The molecule has 0 saturated carbocycles. The molecule has 0 aromatic carbocycles. The number of phosphoric acid groups is 2. The maximum Gasteiger partial charge on any atom is 0.472 e. The van der Waals surface area contributed by atoms with Gasteiger partial charge in [-0.25, -0.2) is 9.13 Å². The third kappa shape index (κ3) is 62.2. The van der Waals surface area contributed by atoms with Crippen LogP contribution in [0.5, 0.6) is 0 Å². The molecule has 7 atom stereocenters. The molecule has 17 nitrogen and oxygen atoms in total. The molecule has 90 heavy (non-hydrogen) atoms. The van der Waals surface area contributed by atoms with Crippen LogP contribution in [-0.4, -0.2) is 96.7 Å². The largest absolute Gasteiger partial charge is 0.472 e. The summed E-state index contributed by atoms with van der Waals surface area (Å²) < 4.78 is 68.3. The van der Waals surface area contributed by atoms with Crippen LogP contribution >= 0.6 is 15.6 Å². The Bertz CT molecular complexity index is 1790. The summed E-state index contributed by atoms with van der Waals surface area (Å²) in [6.45, 7) is 14.1. The first-order valence-corrected chi connectivity index (χ1v) is 39.8. The molecule has 0 aromatic rings. The second-order valence-electron chi connectivity index (χ2n) is 27.1. The van der Waals surface area contributed by atoms with E-state index < -0.39 is 97.5 Å². The number of carbonyl (C=O) groups excluding carboxylic acids is 4. The van der Waals surface area contributed by atoms with Crippen LogP contribution in [0.4, 0.5) is 0 Å². The van der Waals surface area contributed by atoms with Crippen LogP contribution in [0.15, 0.2) is 0 Å². The zero-order chi connectivity index (χ0) is 66.8. The van der Waals surface area contributed by atoms with E-state index >= 15 is 0 Å². The Morgan fingerprint density at radius 3 is 0.789 bits per heavy atom. The Hall–Kier alpha value is -1.94. The van der Waals surface area contributed by atoms with Gasteiger partial charge >= 0.3 is 39.5 Å². The van der Waals surface area contributed by atoms with E-state index in [1.54, 1.807) is 0 Å². The van der Waals surface area contributed by atoms with Gasteiger partial charge in [0.15, 0.2) is 12.2 Å². The Labute approximate surface area is 549 Å². The van der Waals surface area contributed by atoms with Crippen LogP contribution in [-0.2, 0) is 65.4 Å². The van der Waals surface area contributed by atoms with Crippen molar-refractivity contribution in [3.63, 3.8) is 0 Å². The number of ether oxygens (including phenoxy) is 4. The molecule has 3 N–H and O–H groups in total. The van der Waals surface area contributed by atoms with Crippen molar-refractivity contribution in [2.24, 2.45) is 23.7 Å². The minimum absolute atomic E-state index is 0.101. The summed E-state index contributed by atoms with van der Waals surface area (Å²) in [5.41, 5.74) is 0. The molecule has 0 rings (SSSR count). The van der Waals surface area contributed by atoms with Crippen molar-refractivity contribution in [3.8, 4) is 0 Å². The van der Waals surface area contributed by atoms with Crippen molar-refractivity contribution in [2.75, 3.05) is 39.6 Å². The minimum atomic E-state index is -4.95. The van der Waals surface area contributed by atoms with Gasteiger partial charge in [0.25, 0.3) is 0 Å². The predicted octanol–water partition coefficient (Wildman–Crippen LogP) is 20.1. The van der Waals surface area contributed by atoms with Crippen LogP contribution in [0.3, 0.4) is 0 Å². The molecule has 0 amide bonds. The first kappa shape index (κ1) is 88.1. The van der Waals surface area contributed by atoms with Gasteiger partial charge in [0.05, 0.1) is 26.4 Å². The van der Waals surface area contributed by atoms with Crippen LogP contribution in [0.1, 0.15) is 351 Å². The fraction of sp³-hybridized carbons (Fsp3) is 0.944. The van der Waals surface area contributed by atoms with Gasteiger partial charge in [-0.1, -0.05) is 299 Å². The van der Waals surface area contributed by atoms with Crippen LogP contribution in [0.25, 0.3) is 0 Å². The number of unbranched alkanes of at least 4 members (excludes halogenated alkanes) is 32. The molecular formula is C71H138O17P2. The van der Waals surface area contributed by atoms with Crippen LogP contribution in [0.2, 0.25) is 0 Å². The van der Waals surface area contributed by atoms with Gasteiger partial charge in [0, 0.05) is 25.7 Å². The molecule has 0 aliphatic rings. The zero-order valence-corrected chi connectivity index (χ0v) is 60.6. The lowest BCUT2D eigenvalue weighted by atomic mass is 9.99. The van der Waals surface area contributed by atoms with Crippen molar-refractivity contribution in [2.45, 2.75) is 369 Å². The average Bonchev–Trinajstić information content (AvgIpc) is 2.81. The first-order chi connectivity index (χ1) is 43.2. The molecule has 0 aliphatic carbocycles. The van der Waals surface area contributed by atoms with Crippen molar-refractivity contribution in [1.29, 1.82) is 0 Å². The Morgan fingerprint density at radius 1 is 0.311 bits per heavy atom. The number of hydrogen-bond acceptors (Lipinski definition) is 15. The Kier molecular flexibility index (Phi) is 59.4. The van der Waals surface area contributed by atoms with Crippen molar-refractivity contribution in [1.82, 2.24) is 0 Å². The monoisotopic (exact) mass is 1320 g/mol. The van der Waals surface area contributed by atoms with Gasteiger partial charge in [-0.3, -0.25) is 37.3 Å². The number of aliphatic hydroxyl groups excluding tert-OH is 1. The summed E-state index contributed by atoms with van der Waals surface area (Å²) in [6, 6.07) is 0. The summed E-state index contributed by atoms with van der Waals surface area (Å²) in [7, 11) is -9.90. The molecule has 0 spiro atoms. The molecule has 19 heteroatoms. The highest BCUT2D eigenvalue weighted by Gasteiger charge is 2.30. The van der Waals surface area contributed by atoms with Crippen LogP contribution in [0, 0.1) is 23.7 Å². The second kappa shape index (κ2) is 60.7. The molecule has 0 radical (unpaired) electrons. The fourth-order valence-electron chi connectivity index (χ4n) is 10.6. The molecule has 0 heterocycles. The van der Waals surface area contributed by atoms with Crippen molar-refractivity contribution in [3.05, 3.63) is 0 Å². The van der Waals surface area contributed by atoms with Gasteiger partial charge < -0.3 is 33.8 Å². The van der Waals surface area contributed by atoms with Gasteiger partial charge in [-0.2, -0.15) is 0 Å². The van der Waals surface area contributed by atoms with E-state index in [0.29, 0.717) is 31.6 Å². The quantitative estimate of drug-likeness (QED) is 0.0222. The van der Waals surface area contributed by atoms with Crippen molar-refractivity contribution < 1.29 is 80.2 Å². The third-order valence-electron chi connectivity index (χ3n) is 17.0. The van der Waals surface area contributed by atoms with E-state index in [1.807, 2.05) is 0 Å². The standard InChI is InChI=1S/C71H138O17P2/c1-9-63(7)49-41-33-24-20-17-18-22-26-37-45-53-70(75)87-66(57-81-68(73)51-43-35-25-21-16-14-12-11-13-15-19-23-31-39-47-61(3)4)59-85-89(77,78)83-55-65(72)56-84-90(79,80)86-60-67(58-82-69(74)52-44-36-29-27-32-40-48-62(5)6)88-71(76)54-46-38-30-28-34-42-50-64(8)10-2/h61-67,72H,9-60H2,1-8H3,(H,77,78)(H,79,80)/t63?,64?,65-,66-,67-/m1/s1. The highest BCUT2D eigenvalue weighted by molar-refractivity contribution is 7.47. The number of rotatable bonds is 68. The van der Waals surface area contributed by atoms with E-state index in [-0.39, 0.29) is 25.7 Å². The highest BCUT2D eigenvalue weighted by atomic mass is 31.2. The summed E-state index contributed by atoms with van der Waals surface area (Å²) >= 11 is 0. The normalized spacial score (nSPS) is 14.9. The summed E-state index contributed by atoms with van der Waals surface area (Å²) in [4.78, 5) is 72.5. The van der Waals surface area contributed by atoms with Gasteiger partial charge in [0.2, 0.25) is 0 Å². The number of aliphatic hydroxyl groups is 1. The summed E-state index contributed by atoms with van der Waals surface area (Å²) in [6.07, 6.45) is 43.2. The predicted molar refractivity (Wildman–Crippen MR) is 363 cm³/mol. The number of phosphoric ester groups is 2. The summed E-state index contributed by atoms with van der Waals surface area (Å²) in [5, 5.41) is 10.6. The van der Waals surface area contributed by atoms with Gasteiger partial charge in [-0.15, -0.1) is 0 Å². The average molecular weight is 1330 g/mol. The Balaban J connectivity index is 5.23. The smallest absolute Gasteiger partial charge is 0.462 e. The van der Waals surface area contributed by atoms with Crippen molar-refractivity contribution >= 4 is 39.5 Å². The number of esters is 4. The van der Waals surface area contributed by atoms with E-state index in [2.05, 4.69) is 55.4 Å². The molecule has 534 valence electrons. The maximum absolute atomic E-state index is 13.0. The van der Waals surface area contributed by atoms with E-state index in [9.17, 15) is 43.2 Å². The Morgan fingerprint density at radius 2 is 0.533 bits per heavy atom. The fourth-order valence-corrected chi connectivity index (χ4v) is 12.2. The molecule has 0 fully saturated rings. The molecule has 0 saturated heterocycles. The van der Waals surface area contributed by atoms with E-state index in [1.165, 1.54) is 148 Å². The van der Waals surface area contributed by atoms with Gasteiger partial charge in [-0.05, 0) is 49.4 Å². The topological polar surface area (TPSA) is 237 Å². The SMILES string of the molecule is CCC(C)CCCCCCCCCCCCC(=O)O[C@H](COC(=O)CCCCCCCCCCCCCCCCC(C)C)COP(=O)(O)OC[C@@H](O)COP(=O)(O)OC[C@@H](COC(=O)CCCCCCCCC(C)C)OC(=O)CCCCCCCCC(C)CC. The zero-order valence-electron chi connectivity index (χ0n) is 58.8. The first-order valence-electron chi connectivity index (χ1n) is 36.8.